The number of carbonyl (C=O) groups is 1. The zero-order valence-electron chi connectivity index (χ0n) is 14.4. The van der Waals surface area contributed by atoms with Gasteiger partial charge in [-0.25, -0.2) is 0 Å². The Morgan fingerprint density at radius 3 is 2.96 bits per heavy atom. The first-order valence-corrected chi connectivity index (χ1v) is 9.76. The largest absolute Gasteiger partial charge is 0.375 e. The Kier molecular flexibility index (Phi) is 4.12. The fourth-order valence-corrected chi connectivity index (χ4v) is 5.30. The molecule has 2 aromatic rings. The lowest BCUT2D eigenvalue weighted by Gasteiger charge is -2.43. The third-order valence-electron chi connectivity index (χ3n) is 5.51. The maximum atomic E-state index is 12.7. The van der Waals surface area contributed by atoms with E-state index >= 15 is 0 Å². The van der Waals surface area contributed by atoms with Gasteiger partial charge < -0.3 is 10.1 Å². The SMILES string of the molecule is Cc1nn(C)c2sc(C(=O)N[C@H]3CCOC4(CCCCC4)C3)cc12. The minimum absolute atomic E-state index is 0.0229. The van der Waals surface area contributed by atoms with Gasteiger partial charge in [0.05, 0.1) is 16.2 Å². The van der Waals surface area contributed by atoms with E-state index in [1.807, 2.05) is 24.7 Å². The lowest BCUT2D eigenvalue weighted by molar-refractivity contribution is -0.107. The topological polar surface area (TPSA) is 56.2 Å². The number of fused-ring (bicyclic) bond motifs is 1. The lowest BCUT2D eigenvalue weighted by atomic mass is 9.78. The smallest absolute Gasteiger partial charge is 0.261 e. The molecule has 1 atom stereocenters. The van der Waals surface area contributed by atoms with Crippen LogP contribution in [-0.2, 0) is 11.8 Å². The van der Waals surface area contributed by atoms with Crippen LogP contribution in [0.5, 0.6) is 0 Å². The predicted octanol–water partition coefficient (Wildman–Crippen LogP) is 3.55. The summed E-state index contributed by atoms with van der Waals surface area (Å²) in [5, 5.41) is 8.75. The third-order valence-corrected chi connectivity index (χ3v) is 6.71. The molecule has 4 rings (SSSR count). The quantitative estimate of drug-likeness (QED) is 0.904. The first-order chi connectivity index (χ1) is 11.6. The highest BCUT2D eigenvalue weighted by Crippen LogP contribution is 2.38. The molecule has 24 heavy (non-hydrogen) atoms. The van der Waals surface area contributed by atoms with Gasteiger partial charge in [-0.15, -0.1) is 11.3 Å². The van der Waals surface area contributed by atoms with Gasteiger partial charge in [0.2, 0.25) is 0 Å². The van der Waals surface area contributed by atoms with Gasteiger partial charge in [0.25, 0.3) is 5.91 Å². The second-order valence-corrected chi connectivity index (χ2v) is 8.32. The third kappa shape index (κ3) is 2.86. The molecular formula is C18H25N3O2S. The van der Waals surface area contributed by atoms with Crippen LogP contribution in [0.1, 0.15) is 60.3 Å². The molecule has 5 nitrogen and oxygen atoms in total. The molecule has 2 fully saturated rings. The summed E-state index contributed by atoms with van der Waals surface area (Å²) >= 11 is 1.53. The van der Waals surface area contributed by atoms with Gasteiger partial charge in [0, 0.05) is 25.1 Å². The molecule has 130 valence electrons. The number of hydrogen-bond acceptors (Lipinski definition) is 4. The van der Waals surface area contributed by atoms with Crippen molar-refractivity contribution in [2.75, 3.05) is 6.61 Å². The number of aryl methyl sites for hydroxylation is 2. The summed E-state index contributed by atoms with van der Waals surface area (Å²) in [7, 11) is 1.93. The zero-order valence-corrected chi connectivity index (χ0v) is 15.2. The van der Waals surface area contributed by atoms with Crippen LogP contribution in [0.15, 0.2) is 6.07 Å². The molecular weight excluding hydrogens is 322 g/mol. The van der Waals surface area contributed by atoms with Crippen molar-refractivity contribution in [3.63, 3.8) is 0 Å². The number of ether oxygens (including phenoxy) is 1. The molecule has 1 aliphatic carbocycles. The van der Waals surface area contributed by atoms with Crippen molar-refractivity contribution in [1.82, 2.24) is 15.1 Å². The normalized spacial score (nSPS) is 23.7. The van der Waals surface area contributed by atoms with Gasteiger partial charge in [-0.1, -0.05) is 19.3 Å². The monoisotopic (exact) mass is 347 g/mol. The summed E-state index contributed by atoms with van der Waals surface area (Å²) < 4.78 is 7.99. The van der Waals surface area contributed by atoms with E-state index in [-0.39, 0.29) is 17.6 Å². The van der Waals surface area contributed by atoms with Gasteiger partial charge in [0.15, 0.2) is 0 Å². The van der Waals surface area contributed by atoms with E-state index < -0.39 is 0 Å². The van der Waals surface area contributed by atoms with Crippen LogP contribution in [0.25, 0.3) is 10.2 Å². The molecule has 2 aromatic heterocycles. The molecule has 2 aliphatic rings. The maximum absolute atomic E-state index is 12.7. The molecule has 0 radical (unpaired) electrons. The Morgan fingerprint density at radius 2 is 2.21 bits per heavy atom. The van der Waals surface area contributed by atoms with Crippen LogP contribution in [-0.4, -0.2) is 33.9 Å². The molecule has 1 spiro atoms. The molecule has 0 unspecified atom stereocenters. The fraction of sp³-hybridized carbons (Fsp3) is 0.667. The molecule has 0 bridgehead atoms. The first kappa shape index (κ1) is 16.1. The number of hydrogen-bond donors (Lipinski definition) is 1. The molecule has 6 heteroatoms. The highest BCUT2D eigenvalue weighted by atomic mass is 32.1. The van der Waals surface area contributed by atoms with Crippen molar-refractivity contribution >= 4 is 27.5 Å². The van der Waals surface area contributed by atoms with Crippen molar-refractivity contribution in [1.29, 1.82) is 0 Å². The Morgan fingerprint density at radius 1 is 1.42 bits per heavy atom. The maximum Gasteiger partial charge on any atom is 0.261 e. The highest BCUT2D eigenvalue weighted by Gasteiger charge is 2.39. The van der Waals surface area contributed by atoms with Crippen molar-refractivity contribution in [3.8, 4) is 0 Å². The highest BCUT2D eigenvalue weighted by molar-refractivity contribution is 7.20. The lowest BCUT2D eigenvalue weighted by Crippen LogP contribution is -2.49. The Balaban J connectivity index is 1.47. The van der Waals surface area contributed by atoms with Gasteiger partial charge >= 0.3 is 0 Å². The van der Waals surface area contributed by atoms with E-state index in [0.717, 1.165) is 53.1 Å². The summed E-state index contributed by atoms with van der Waals surface area (Å²) in [4.78, 5) is 14.5. The Bertz CT molecular complexity index is 718. The number of nitrogens with zero attached hydrogens (tertiary/aromatic N) is 2. The molecule has 1 N–H and O–H groups in total. The number of nitrogens with one attached hydrogen (secondary N) is 1. The van der Waals surface area contributed by atoms with Crippen molar-refractivity contribution in [3.05, 3.63) is 16.6 Å². The van der Waals surface area contributed by atoms with Crippen molar-refractivity contribution in [2.24, 2.45) is 7.05 Å². The van der Waals surface area contributed by atoms with E-state index in [0.29, 0.717) is 0 Å². The van der Waals surface area contributed by atoms with E-state index in [1.165, 1.54) is 30.6 Å². The molecule has 1 saturated carbocycles. The molecule has 1 saturated heterocycles. The second-order valence-electron chi connectivity index (χ2n) is 7.29. The summed E-state index contributed by atoms with van der Waals surface area (Å²) in [5.41, 5.74) is 1.00. The molecule has 3 heterocycles. The molecule has 1 aliphatic heterocycles. The molecule has 1 amide bonds. The summed E-state index contributed by atoms with van der Waals surface area (Å²) in [6.45, 7) is 2.75. The van der Waals surface area contributed by atoms with Gasteiger partial charge in [0.1, 0.15) is 4.83 Å². The van der Waals surface area contributed by atoms with Crippen LogP contribution >= 0.6 is 11.3 Å². The number of carbonyl (C=O) groups excluding carboxylic acids is 1. The van der Waals surface area contributed by atoms with Crippen LogP contribution in [0.3, 0.4) is 0 Å². The number of amides is 1. The summed E-state index contributed by atoms with van der Waals surface area (Å²) in [6.07, 6.45) is 7.99. The number of aromatic nitrogens is 2. The van der Waals surface area contributed by atoms with E-state index in [1.54, 1.807) is 0 Å². The summed E-state index contributed by atoms with van der Waals surface area (Å²) in [6, 6.07) is 2.21. The zero-order chi connectivity index (χ0) is 16.7. The fourth-order valence-electron chi connectivity index (χ4n) is 4.27. The standard InChI is InChI=1S/C18H25N3O2S/c1-12-14-10-15(24-17(14)21(2)20-12)16(22)19-13-6-9-23-18(11-13)7-4-3-5-8-18/h10,13H,3-9,11H2,1-2H3,(H,19,22)/t13-/m0/s1. The van der Waals surface area contributed by atoms with Crippen LogP contribution < -0.4 is 5.32 Å². The average molecular weight is 347 g/mol. The van der Waals surface area contributed by atoms with Crippen molar-refractivity contribution in [2.45, 2.75) is 63.5 Å². The molecule has 0 aromatic carbocycles. The van der Waals surface area contributed by atoms with E-state index in [4.69, 9.17) is 4.74 Å². The van der Waals surface area contributed by atoms with E-state index in [9.17, 15) is 4.79 Å². The minimum atomic E-state index is 0.0229. The number of rotatable bonds is 2. The van der Waals surface area contributed by atoms with Crippen LogP contribution in [0, 0.1) is 6.92 Å². The minimum Gasteiger partial charge on any atom is -0.375 e. The van der Waals surface area contributed by atoms with Crippen LogP contribution in [0.4, 0.5) is 0 Å². The summed E-state index contributed by atoms with van der Waals surface area (Å²) in [5.74, 6) is 0.0495. The number of thiophene rings is 1. The second kappa shape index (κ2) is 6.15. The Hall–Kier alpha value is -1.40. The average Bonchev–Trinajstić information content (AvgIpc) is 3.10. The van der Waals surface area contributed by atoms with Gasteiger partial charge in [-0.3, -0.25) is 9.48 Å². The van der Waals surface area contributed by atoms with Gasteiger partial charge in [-0.2, -0.15) is 5.10 Å². The first-order valence-electron chi connectivity index (χ1n) is 8.94. The van der Waals surface area contributed by atoms with Crippen LogP contribution in [0.2, 0.25) is 0 Å². The Labute approximate surface area is 146 Å². The van der Waals surface area contributed by atoms with E-state index in [2.05, 4.69) is 10.4 Å². The predicted molar refractivity (Wildman–Crippen MR) is 95.6 cm³/mol. The van der Waals surface area contributed by atoms with Crippen molar-refractivity contribution < 1.29 is 9.53 Å². The van der Waals surface area contributed by atoms with Gasteiger partial charge in [-0.05, 0) is 38.7 Å².